The summed E-state index contributed by atoms with van der Waals surface area (Å²) in [6.45, 7) is 3.26. The Balaban J connectivity index is 2.04. The molecule has 70 valence electrons. The van der Waals surface area contributed by atoms with Crippen molar-refractivity contribution in [3.8, 4) is 0 Å². The van der Waals surface area contributed by atoms with E-state index in [2.05, 4.69) is 9.88 Å². The molecule has 0 spiro atoms. The monoisotopic (exact) mass is 197 g/mol. The van der Waals surface area contributed by atoms with Crippen LogP contribution in [-0.2, 0) is 4.74 Å². The third kappa shape index (κ3) is 1.87. The molecular formula is C8H11N3OS. The van der Waals surface area contributed by atoms with Crippen LogP contribution in [0.5, 0.6) is 0 Å². The summed E-state index contributed by atoms with van der Waals surface area (Å²) in [5.41, 5.74) is 0. The minimum atomic E-state index is 0.759. The summed E-state index contributed by atoms with van der Waals surface area (Å²) < 4.78 is 7.09. The van der Waals surface area contributed by atoms with E-state index < -0.39 is 0 Å². The summed E-state index contributed by atoms with van der Waals surface area (Å²) in [4.78, 5) is 6.08. The van der Waals surface area contributed by atoms with Gasteiger partial charge in [0.05, 0.1) is 13.2 Å². The Kier molecular flexibility index (Phi) is 2.56. The van der Waals surface area contributed by atoms with Crippen molar-refractivity contribution in [2.45, 2.75) is 0 Å². The third-order valence-electron chi connectivity index (χ3n) is 2.01. The first-order valence-electron chi connectivity index (χ1n) is 4.23. The van der Waals surface area contributed by atoms with Gasteiger partial charge in [0, 0.05) is 25.5 Å². The summed E-state index contributed by atoms with van der Waals surface area (Å²) in [5.74, 6) is 0. The maximum absolute atomic E-state index is 5.29. The maximum Gasteiger partial charge on any atom is 0.181 e. The van der Waals surface area contributed by atoms with Crippen molar-refractivity contribution in [2.75, 3.05) is 26.3 Å². The zero-order chi connectivity index (χ0) is 9.10. The minimum absolute atomic E-state index is 0.759. The van der Waals surface area contributed by atoms with E-state index in [0.717, 1.165) is 31.4 Å². The highest BCUT2D eigenvalue weighted by Crippen LogP contribution is 2.01. The van der Waals surface area contributed by atoms with Gasteiger partial charge in [-0.1, -0.05) is 0 Å². The molecule has 1 saturated heterocycles. The Bertz CT molecular complexity index is 280. The fourth-order valence-electron chi connectivity index (χ4n) is 1.29. The Morgan fingerprint density at radius 1 is 1.38 bits per heavy atom. The summed E-state index contributed by atoms with van der Waals surface area (Å²) in [6, 6.07) is 0. The van der Waals surface area contributed by atoms with E-state index in [1.54, 1.807) is 12.5 Å². The first-order chi connectivity index (χ1) is 6.38. The van der Waals surface area contributed by atoms with Crippen LogP contribution in [0.25, 0.3) is 0 Å². The van der Waals surface area contributed by atoms with Crippen LogP contribution >= 0.6 is 12.2 Å². The smallest absolute Gasteiger partial charge is 0.181 e. The molecule has 1 fully saturated rings. The molecule has 0 aliphatic carbocycles. The molecule has 0 bridgehead atoms. The lowest BCUT2D eigenvalue weighted by molar-refractivity contribution is 0.0678. The molecule has 2 rings (SSSR count). The van der Waals surface area contributed by atoms with Gasteiger partial charge < -0.3 is 9.64 Å². The molecule has 0 atom stereocenters. The van der Waals surface area contributed by atoms with Crippen LogP contribution < -0.4 is 0 Å². The highest BCUT2D eigenvalue weighted by Gasteiger charge is 2.14. The van der Waals surface area contributed by atoms with Crippen LogP contribution in [0.1, 0.15) is 0 Å². The lowest BCUT2D eigenvalue weighted by atomic mass is 10.4. The molecule has 1 aromatic heterocycles. The van der Waals surface area contributed by atoms with Gasteiger partial charge >= 0.3 is 0 Å². The predicted molar refractivity (Wildman–Crippen MR) is 52.6 cm³/mol. The fourth-order valence-corrected chi connectivity index (χ4v) is 1.58. The average Bonchev–Trinajstić information content (AvgIpc) is 2.71. The summed E-state index contributed by atoms with van der Waals surface area (Å²) in [6.07, 6.45) is 5.31. The van der Waals surface area contributed by atoms with Crippen LogP contribution in [0.4, 0.5) is 0 Å². The summed E-state index contributed by atoms with van der Waals surface area (Å²) in [5, 5.41) is 0.806. The van der Waals surface area contributed by atoms with Crippen LogP contribution in [0.3, 0.4) is 0 Å². The lowest BCUT2D eigenvalue weighted by Gasteiger charge is -2.28. The van der Waals surface area contributed by atoms with Crippen LogP contribution in [0.15, 0.2) is 18.7 Å². The van der Waals surface area contributed by atoms with Crippen LogP contribution in [0.2, 0.25) is 0 Å². The Morgan fingerprint density at radius 3 is 2.77 bits per heavy atom. The highest BCUT2D eigenvalue weighted by molar-refractivity contribution is 7.80. The molecule has 1 aliphatic rings. The Labute approximate surface area is 82.1 Å². The topological polar surface area (TPSA) is 30.3 Å². The van der Waals surface area contributed by atoms with Crippen molar-refractivity contribution in [2.24, 2.45) is 0 Å². The van der Waals surface area contributed by atoms with Gasteiger partial charge in [0.1, 0.15) is 6.33 Å². The number of hydrogen-bond donors (Lipinski definition) is 0. The molecule has 0 radical (unpaired) electrons. The number of hydrogen-bond acceptors (Lipinski definition) is 3. The number of rotatable bonds is 0. The molecule has 5 heteroatoms. The number of nitrogens with zero attached hydrogens (tertiary/aromatic N) is 3. The predicted octanol–water partition coefficient (Wildman–Crippen LogP) is 0.348. The van der Waals surface area contributed by atoms with E-state index in [9.17, 15) is 0 Å². The molecule has 0 N–H and O–H groups in total. The molecule has 1 aliphatic heterocycles. The zero-order valence-corrected chi connectivity index (χ0v) is 8.04. The Hall–Kier alpha value is -0.940. The van der Waals surface area contributed by atoms with Gasteiger partial charge in [0.15, 0.2) is 5.11 Å². The summed E-state index contributed by atoms with van der Waals surface area (Å²) >= 11 is 5.29. The van der Waals surface area contributed by atoms with Gasteiger partial charge in [-0.3, -0.25) is 4.57 Å². The molecule has 0 unspecified atom stereocenters. The largest absolute Gasteiger partial charge is 0.378 e. The van der Waals surface area contributed by atoms with Gasteiger partial charge in [0.25, 0.3) is 0 Å². The van der Waals surface area contributed by atoms with Crippen molar-refractivity contribution in [1.29, 1.82) is 0 Å². The van der Waals surface area contributed by atoms with E-state index in [-0.39, 0.29) is 0 Å². The zero-order valence-electron chi connectivity index (χ0n) is 7.22. The molecule has 0 saturated carbocycles. The fraction of sp³-hybridized carbons (Fsp3) is 0.500. The number of morpholine rings is 1. The van der Waals surface area contributed by atoms with Crippen molar-refractivity contribution in [1.82, 2.24) is 14.5 Å². The first kappa shape index (κ1) is 8.65. The number of thiocarbonyl (C=S) groups is 1. The van der Waals surface area contributed by atoms with Gasteiger partial charge in [-0.2, -0.15) is 0 Å². The number of imidazole rings is 1. The first-order valence-corrected chi connectivity index (χ1v) is 4.64. The van der Waals surface area contributed by atoms with E-state index >= 15 is 0 Å². The van der Waals surface area contributed by atoms with Crippen molar-refractivity contribution >= 4 is 17.3 Å². The molecular weight excluding hydrogens is 186 g/mol. The van der Waals surface area contributed by atoms with Crippen molar-refractivity contribution < 1.29 is 4.74 Å². The molecule has 1 aromatic rings. The van der Waals surface area contributed by atoms with Crippen molar-refractivity contribution in [3.05, 3.63) is 18.7 Å². The molecule has 13 heavy (non-hydrogen) atoms. The SMILES string of the molecule is S=C(N1CCOCC1)n1ccnc1. The van der Waals surface area contributed by atoms with Crippen LogP contribution in [-0.4, -0.2) is 45.9 Å². The second-order valence-electron chi connectivity index (χ2n) is 2.85. The quantitative estimate of drug-likeness (QED) is 0.561. The third-order valence-corrected chi connectivity index (χ3v) is 2.48. The molecule has 0 amide bonds. The molecule has 2 heterocycles. The number of aromatic nitrogens is 2. The van der Waals surface area contributed by atoms with E-state index in [0.29, 0.717) is 0 Å². The number of ether oxygens (including phenoxy) is 1. The van der Waals surface area contributed by atoms with Gasteiger partial charge in [-0.25, -0.2) is 4.98 Å². The van der Waals surface area contributed by atoms with E-state index in [1.807, 2.05) is 10.8 Å². The second-order valence-corrected chi connectivity index (χ2v) is 3.22. The second kappa shape index (κ2) is 3.85. The lowest BCUT2D eigenvalue weighted by Crippen LogP contribution is -2.42. The normalized spacial score (nSPS) is 17.4. The average molecular weight is 197 g/mol. The van der Waals surface area contributed by atoms with E-state index in [1.165, 1.54) is 0 Å². The highest BCUT2D eigenvalue weighted by atomic mass is 32.1. The van der Waals surface area contributed by atoms with Gasteiger partial charge in [-0.15, -0.1) is 0 Å². The van der Waals surface area contributed by atoms with Gasteiger partial charge in [-0.05, 0) is 12.2 Å². The maximum atomic E-state index is 5.29. The summed E-state index contributed by atoms with van der Waals surface area (Å²) in [7, 11) is 0. The Morgan fingerprint density at radius 2 is 2.15 bits per heavy atom. The standard InChI is InChI=1S/C8H11N3OS/c13-8(11-2-1-9-7-11)10-3-5-12-6-4-10/h1-2,7H,3-6H2. The van der Waals surface area contributed by atoms with Crippen LogP contribution in [0, 0.1) is 0 Å². The van der Waals surface area contributed by atoms with E-state index in [4.69, 9.17) is 17.0 Å². The molecule has 0 aromatic carbocycles. The minimum Gasteiger partial charge on any atom is -0.378 e. The van der Waals surface area contributed by atoms with Gasteiger partial charge in [0.2, 0.25) is 0 Å². The van der Waals surface area contributed by atoms with Crippen molar-refractivity contribution in [3.63, 3.8) is 0 Å². The molecule has 4 nitrogen and oxygen atoms in total.